The van der Waals surface area contributed by atoms with E-state index in [0.717, 1.165) is 30.7 Å². The Morgan fingerprint density at radius 3 is 2.26 bits per heavy atom. The van der Waals surface area contributed by atoms with Crippen LogP contribution in [-0.4, -0.2) is 43.8 Å². The summed E-state index contributed by atoms with van der Waals surface area (Å²) in [6.45, 7) is 6.61. The molecule has 3 atom stereocenters. The molecule has 0 radical (unpaired) electrons. The summed E-state index contributed by atoms with van der Waals surface area (Å²) in [5, 5.41) is 0. The number of hydrogen-bond acceptors (Lipinski definition) is 2. The zero-order chi connectivity index (χ0) is 13.4. The molecule has 19 heavy (non-hydrogen) atoms. The SMILES string of the molecule is CC(F)CN1C[C@@H]2CN(c3ccc(Br)cc3)C[C@@H]2C1. The molecule has 1 unspecified atom stereocenters. The molecule has 2 heterocycles. The minimum Gasteiger partial charge on any atom is -0.371 e. The van der Waals surface area contributed by atoms with Crippen LogP contribution < -0.4 is 4.90 Å². The minimum atomic E-state index is -0.707. The second-order valence-corrected chi connectivity index (χ2v) is 6.82. The number of hydrogen-bond donors (Lipinski definition) is 0. The highest BCUT2D eigenvalue weighted by atomic mass is 79.9. The van der Waals surface area contributed by atoms with Gasteiger partial charge in [0, 0.05) is 42.9 Å². The number of alkyl halides is 1. The summed E-state index contributed by atoms with van der Waals surface area (Å²) in [5.41, 5.74) is 1.31. The van der Waals surface area contributed by atoms with Crippen LogP contribution in [0, 0.1) is 11.8 Å². The zero-order valence-corrected chi connectivity index (χ0v) is 12.8. The van der Waals surface area contributed by atoms with Crippen LogP contribution in [0.1, 0.15) is 6.92 Å². The Hall–Kier alpha value is -0.610. The first-order valence-electron chi connectivity index (χ1n) is 6.99. The van der Waals surface area contributed by atoms with E-state index in [1.165, 1.54) is 5.69 Å². The maximum absolute atomic E-state index is 13.1. The first-order chi connectivity index (χ1) is 9.11. The molecule has 0 aliphatic carbocycles. The van der Waals surface area contributed by atoms with E-state index >= 15 is 0 Å². The quantitative estimate of drug-likeness (QED) is 0.841. The molecule has 1 aromatic carbocycles. The van der Waals surface area contributed by atoms with Crippen LogP contribution in [-0.2, 0) is 0 Å². The van der Waals surface area contributed by atoms with Gasteiger partial charge in [0.2, 0.25) is 0 Å². The van der Waals surface area contributed by atoms with Crippen LogP contribution in [0.3, 0.4) is 0 Å². The summed E-state index contributed by atoms with van der Waals surface area (Å²) >= 11 is 3.47. The smallest absolute Gasteiger partial charge is 0.110 e. The number of rotatable bonds is 3. The lowest BCUT2D eigenvalue weighted by atomic mass is 10.0. The molecule has 2 saturated heterocycles. The predicted molar refractivity (Wildman–Crippen MR) is 80.3 cm³/mol. The molecule has 1 aromatic rings. The fraction of sp³-hybridized carbons (Fsp3) is 0.600. The van der Waals surface area contributed by atoms with Crippen molar-refractivity contribution in [3.05, 3.63) is 28.7 Å². The van der Waals surface area contributed by atoms with Gasteiger partial charge in [0.05, 0.1) is 0 Å². The van der Waals surface area contributed by atoms with Crippen LogP contribution in [0.5, 0.6) is 0 Å². The van der Waals surface area contributed by atoms with Crippen molar-refractivity contribution in [3.63, 3.8) is 0 Å². The highest BCUT2D eigenvalue weighted by Gasteiger charge is 2.40. The third kappa shape index (κ3) is 2.95. The molecule has 2 fully saturated rings. The molecular formula is C15H20BrFN2. The Balaban J connectivity index is 1.60. The third-order valence-corrected chi connectivity index (χ3v) is 4.79. The van der Waals surface area contributed by atoms with Gasteiger partial charge in [-0.3, -0.25) is 4.90 Å². The molecule has 0 saturated carbocycles. The lowest BCUT2D eigenvalue weighted by molar-refractivity contribution is 0.225. The van der Waals surface area contributed by atoms with Gasteiger partial charge in [0.1, 0.15) is 6.17 Å². The average molecular weight is 327 g/mol. The summed E-state index contributed by atoms with van der Waals surface area (Å²) in [5.74, 6) is 1.42. The minimum absolute atomic E-state index is 0.602. The van der Waals surface area contributed by atoms with Crippen LogP contribution in [0.2, 0.25) is 0 Å². The van der Waals surface area contributed by atoms with Crippen molar-refractivity contribution in [1.82, 2.24) is 4.90 Å². The third-order valence-electron chi connectivity index (χ3n) is 4.26. The first kappa shape index (κ1) is 13.4. The van der Waals surface area contributed by atoms with Crippen LogP contribution in [0.4, 0.5) is 10.1 Å². The van der Waals surface area contributed by atoms with Crippen molar-refractivity contribution in [2.24, 2.45) is 11.8 Å². The van der Waals surface area contributed by atoms with E-state index in [1.807, 2.05) is 0 Å². The van der Waals surface area contributed by atoms with Gasteiger partial charge >= 0.3 is 0 Å². The summed E-state index contributed by atoms with van der Waals surface area (Å²) < 4.78 is 14.2. The number of halogens is 2. The summed E-state index contributed by atoms with van der Waals surface area (Å²) in [6, 6.07) is 8.54. The maximum atomic E-state index is 13.1. The van der Waals surface area contributed by atoms with Gasteiger partial charge < -0.3 is 4.90 Å². The topological polar surface area (TPSA) is 6.48 Å². The van der Waals surface area contributed by atoms with E-state index in [9.17, 15) is 4.39 Å². The van der Waals surface area contributed by atoms with Gasteiger partial charge in [-0.2, -0.15) is 0 Å². The molecule has 104 valence electrons. The number of benzene rings is 1. The standard InChI is InChI=1S/C15H20BrFN2/c1-11(17)6-18-7-12-9-19(10-13(12)8-18)15-4-2-14(16)3-5-15/h2-5,11-13H,6-10H2,1H3/t11?,12-,13+. The molecule has 0 bridgehead atoms. The first-order valence-corrected chi connectivity index (χ1v) is 7.78. The summed E-state index contributed by atoms with van der Waals surface area (Å²) in [7, 11) is 0. The van der Waals surface area contributed by atoms with E-state index in [2.05, 4.69) is 50.0 Å². The van der Waals surface area contributed by atoms with E-state index in [-0.39, 0.29) is 0 Å². The van der Waals surface area contributed by atoms with Crippen molar-refractivity contribution < 1.29 is 4.39 Å². The van der Waals surface area contributed by atoms with Gasteiger partial charge in [-0.25, -0.2) is 4.39 Å². The summed E-state index contributed by atoms with van der Waals surface area (Å²) in [4.78, 5) is 4.76. The zero-order valence-electron chi connectivity index (χ0n) is 11.2. The Morgan fingerprint density at radius 1 is 1.16 bits per heavy atom. The van der Waals surface area contributed by atoms with Crippen LogP contribution >= 0.6 is 15.9 Å². The van der Waals surface area contributed by atoms with Gasteiger partial charge in [0.15, 0.2) is 0 Å². The van der Waals surface area contributed by atoms with Crippen LogP contribution in [0.15, 0.2) is 28.7 Å². The molecule has 2 aliphatic rings. The second-order valence-electron chi connectivity index (χ2n) is 5.90. The van der Waals surface area contributed by atoms with Crippen molar-refractivity contribution in [1.29, 1.82) is 0 Å². The molecule has 2 nitrogen and oxygen atoms in total. The fourth-order valence-corrected chi connectivity index (χ4v) is 3.72. The maximum Gasteiger partial charge on any atom is 0.110 e. The molecule has 0 aromatic heterocycles. The van der Waals surface area contributed by atoms with Crippen molar-refractivity contribution >= 4 is 21.6 Å². The van der Waals surface area contributed by atoms with Gasteiger partial charge in [-0.15, -0.1) is 0 Å². The Kier molecular flexibility index (Phi) is 3.81. The second kappa shape index (κ2) is 5.41. The monoisotopic (exact) mass is 326 g/mol. The summed E-state index contributed by atoms with van der Waals surface area (Å²) in [6.07, 6.45) is -0.707. The normalized spacial score (nSPS) is 28.7. The molecule has 0 spiro atoms. The Morgan fingerprint density at radius 2 is 1.74 bits per heavy atom. The molecule has 2 aliphatic heterocycles. The molecular weight excluding hydrogens is 307 g/mol. The van der Waals surface area contributed by atoms with Crippen LogP contribution in [0.25, 0.3) is 0 Å². The Bertz CT molecular complexity index is 420. The Labute approximate surface area is 122 Å². The van der Waals surface area contributed by atoms with E-state index in [4.69, 9.17) is 0 Å². The van der Waals surface area contributed by atoms with E-state index in [0.29, 0.717) is 18.4 Å². The van der Waals surface area contributed by atoms with Gasteiger partial charge in [0.25, 0.3) is 0 Å². The lowest BCUT2D eigenvalue weighted by Gasteiger charge is -2.23. The van der Waals surface area contributed by atoms with E-state index in [1.54, 1.807) is 6.92 Å². The molecule has 3 rings (SSSR count). The average Bonchev–Trinajstić information content (AvgIpc) is 2.86. The fourth-order valence-electron chi connectivity index (χ4n) is 3.46. The number of likely N-dealkylation sites (tertiary alicyclic amines) is 1. The predicted octanol–water partition coefficient (Wildman–Crippen LogP) is 3.18. The van der Waals surface area contributed by atoms with Gasteiger partial charge in [-0.1, -0.05) is 15.9 Å². The highest BCUT2D eigenvalue weighted by molar-refractivity contribution is 9.10. The molecule has 0 N–H and O–H groups in total. The lowest BCUT2D eigenvalue weighted by Crippen LogP contribution is -2.32. The molecule has 4 heteroatoms. The van der Waals surface area contributed by atoms with Gasteiger partial charge in [-0.05, 0) is 43.0 Å². The number of fused-ring (bicyclic) bond motifs is 1. The van der Waals surface area contributed by atoms with Crippen molar-refractivity contribution in [3.8, 4) is 0 Å². The number of nitrogens with zero attached hydrogens (tertiary/aromatic N) is 2. The highest BCUT2D eigenvalue weighted by Crippen LogP contribution is 2.34. The number of anilines is 1. The largest absolute Gasteiger partial charge is 0.371 e. The van der Waals surface area contributed by atoms with Crippen molar-refractivity contribution in [2.45, 2.75) is 13.1 Å². The van der Waals surface area contributed by atoms with E-state index < -0.39 is 6.17 Å². The molecule has 0 amide bonds. The van der Waals surface area contributed by atoms with Crippen molar-refractivity contribution in [2.75, 3.05) is 37.6 Å².